The van der Waals surface area contributed by atoms with Crippen LogP contribution in [0, 0.1) is 6.92 Å². The molecule has 31 heavy (non-hydrogen) atoms. The topological polar surface area (TPSA) is 91.0 Å². The molecule has 1 aliphatic carbocycles. The number of rotatable bonds is 11. The molecule has 168 valence electrons. The Morgan fingerprint density at radius 1 is 1.13 bits per heavy atom. The SMILES string of the molecule is COC(=O)C[C@H](CCCCCCc1nc2c(cc1CN)CCCC2)c1cnc(C)nc1. The predicted molar refractivity (Wildman–Crippen MR) is 122 cm³/mol. The van der Waals surface area contributed by atoms with E-state index in [9.17, 15) is 4.79 Å². The Bertz CT molecular complexity index is 851. The minimum absolute atomic E-state index is 0.110. The van der Waals surface area contributed by atoms with Crippen molar-refractivity contribution in [3.05, 3.63) is 52.4 Å². The average molecular weight is 425 g/mol. The molecule has 6 nitrogen and oxygen atoms in total. The van der Waals surface area contributed by atoms with Crippen molar-refractivity contribution in [1.82, 2.24) is 15.0 Å². The zero-order valence-electron chi connectivity index (χ0n) is 19.0. The summed E-state index contributed by atoms with van der Waals surface area (Å²) < 4.78 is 4.88. The number of methoxy groups -OCH3 is 1. The van der Waals surface area contributed by atoms with Crippen LogP contribution in [-0.2, 0) is 35.3 Å². The number of nitrogens with two attached hydrogens (primary N) is 1. The quantitative estimate of drug-likeness (QED) is 0.426. The fraction of sp³-hybridized carbons (Fsp3) is 0.600. The predicted octanol–water partition coefficient (Wildman–Crippen LogP) is 4.36. The molecule has 2 aromatic rings. The molecule has 0 saturated heterocycles. The molecule has 2 heterocycles. The number of nitrogens with zero attached hydrogens (tertiary/aromatic N) is 3. The van der Waals surface area contributed by atoms with Gasteiger partial charge in [-0.3, -0.25) is 9.78 Å². The van der Waals surface area contributed by atoms with Gasteiger partial charge >= 0.3 is 5.97 Å². The first-order valence-electron chi connectivity index (χ1n) is 11.7. The molecule has 0 spiro atoms. The van der Waals surface area contributed by atoms with E-state index in [4.69, 9.17) is 15.5 Å². The van der Waals surface area contributed by atoms with Gasteiger partial charge in [0.15, 0.2) is 0 Å². The van der Waals surface area contributed by atoms with Gasteiger partial charge in [0, 0.05) is 30.3 Å². The summed E-state index contributed by atoms with van der Waals surface area (Å²) in [6.45, 7) is 2.44. The third-order valence-corrected chi connectivity index (χ3v) is 6.32. The summed E-state index contributed by atoms with van der Waals surface area (Å²) in [5.74, 6) is 0.672. The van der Waals surface area contributed by atoms with Gasteiger partial charge in [0.25, 0.3) is 0 Å². The average Bonchev–Trinajstić information content (AvgIpc) is 2.80. The number of ether oxygens (including phenoxy) is 1. The lowest BCUT2D eigenvalue weighted by Gasteiger charge is -2.18. The van der Waals surface area contributed by atoms with E-state index in [1.807, 2.05) is 19.3 Å². The molecule has 0 saturated carbocycles. The lowest BCUT2D eigenvalue weighted by molar-refractivity contribution is -0.141. The van der Waals surface area contributed by atoms with Crippen molar-refractivity contribution in [2.45, 2.75) is 90.0 Å². The first kappa shape index (κ1) is 23.3. The van der Waals surface area contributed by atoms with E-state index in [2.05, 4.69) is 16.0 Å². The van der Waals surface area contributed by atoms with Crippen LogP contribution in [0.4, 0.5) is 0 Å². The molecule has 0 bridgehead atoms. The standard InChI is InChI=1S/C25H36N4O2/c1-18-27-16-22(17-28-18)19(14-25(30)31-2)9-5-3-4-6-11-24-21(15-26)13-20-10-7-8-12-23(20)29-24/h13,16-17,19H,3-12,14-15,26H2,1-2H3/t19-/m0/s1. The van der Waals surface area contributed by atoms with E-state index >= 15 is 0 Å². The molecule has 0 radical (unpaired) electrons. The summed E-state index contributed by atoms with van der Waals surface area (Å²) in [6, 6.07) is 2.30. The van der Waals surface area contributed by atoms with Gasteiger partial charge in [0.1, 0.15) is 5.82 Å². The zero-order valence-corrected chi connectivity index (χ0v) is 19.0. The Morgan fingerprint density at radius 2 is 1.87 bits per heavy atom. The summed E-state index contributed by atoms with van der Waals surface area (Å²) >= 11 is 0. The Kier molecular flexibility index (Phi) is 8.95. The van der Waals surface area contributed by atoms with E-state index in [0.717, 1.165) is 62.8 Å². The minimum atomic E-state index is -0.182. The third kappa shape index (κ3) is 6.82. The fourth-order valence-corrected chi connectivity index (χ4v) is 4.44. The van der Waals surface area contributed by atoms with Crippen LogP contribution in [0.1, 0.15) is 91.2 Å². The largest absolute Gasteiger partial charge is 0.469 e. The Morgan fingerprint density at radius 3 is 2.61 bits per heavy atom. The number of esters is 1. The first-order valence-corrected chi connectivity index (χ1v) is 11.7. The number of fused-ring (bicyclic) bond motifs is 1. The van der Waals surface area contributed by atoms with E-state index in [-0.39, 0.29) is 11.9 Å². The normalized spacial score (nSPS) is 14.2. The van der Waals surface area contributed by atoms with Crippen LogP contribution in [-0.4, -0.2) is 28.0 Å². The van der Waals surface area contributed by atoms with Gasteiger partial charge in [-0.05, 0) is 74.5 Å². The van der Waals surface area contributed by atoms with Gasteiger partial charge in [-0.2, -0.15) is 0 Å². The molecular weight excluding hydrogens is 388 g/mol. The van der Waals surface area contributed by atoms with Gasteiger partial charge < -0.3 is 10.5 Å². The second kappa shape index (κ2) is 11.9. The van der Waals surface area contributed by atoms with Gasteiger partial charge in [-0.25, -0.2) is 9.97 Å². The second-order valence-electron chi connectivity index (χ2n) is 8.60. The number of hydrogen-bond donors (Lipinski definition) is 1. The van der Waals surface area contributed by atoms with Gasteiger partial charge in [-0.15, -0.1) is 0 Å². The van der Waals surface area contributed by atoms with Crippen LogP contribution in [0.5, 0.6) is 0 Å². The van der Waals surface area contributed by atoms with Gasteiger partial charge in [-0.1, -0.05) is 25.3 Å². The first-order chi connectivity index (χ1) is 15.1. The molecule has 0 amide bonds. The van der Waals surface area contributed by atoms with E-state index in [1.54, 1.807) is 0 Å². The van der Waals surface area contributed by atoms with Crippen molar-refractivity contribution in [3.63, 3.8) is 0 Å². The van der Waals surface area contributed by atoms with Crippen molar-refractivity contribution in [2.24, 2.45) is 5.73 Å². The number of unbranched alkanes of at least 4 members (excludes halogenated alkanes) is 3. The molecule has 0 fully saturated rings. The highest BCUT2D eigenvalue weighted by molar-refractivity contribution is 5.70. The Balaban J connectivity index is 1.47. The van der Waals surface area contributed by atoms with Crippen LogP contribution >= 0.6 is 0 Å². The minimum Gasteiger partial charge on any atom is -0.469 e. The van der Waals surface area contributed by atoms with E-state index in [0.29, 0.717) is 13.0 Å². The van der Waals surface area contributed by atoms with Crippen molar-refractivity contribution >= 4 is 5.97 Å². The van der Waals surface area contributed by atoms with Crippen molar-refractivity contribution in [2.75, 3.05) is 7.11 Å². The highest BCUT2D eigenvalue weighted by Crippen LogP contribution is 2.27. The lowest BCUT2D eigenvalue weighted by Crippen LogP contribution is -2.12. The maximum atomic E-state index is 11.8. The molecule has 0 aliphatic heterocycles. The summed E-state index contributed by atoms with van der Waals surface area (Å²) in [7, 11) is 1.44. The number of carbonyl (C=O) groups excluding carboxylic acids is 1. The van der Waals surface area contributed by atoms with Crippen LogP contribution in [0.15, 0.2) is 18.5 Å². The lowest BCUT2D eigenvalue weighted by atomic mass is 9.91. The summed E-state index contributed by atoms with van der Waals surface area (Å²) in [4.78, 5) is 25.4. The molecule has 0 unspecified atom stereocenters. The summed E-state index contributed by atoms with van der Waals surface area (Å²) in [5, 5.41) is 0. The molecule has 6 heteroatoms. The highest BCUT2D eigenvalue weighted by Gasteiger charge is 2.18. The monoisotopic (exact) mass is 424 g/mol. The smallest absolute Gasteiger partial charge is 0.306 e. The van der Waals surface area contributed by atoms with Gasteiger partial charge in [0.05, 0.1) is 13.5 Å². The highest BCUT2D eigenvalue weighted by atomic mass is 16.5. The summed E-state index contributed by atoms with van der Waals surface area (Å²) in [5.41, 5.74) is 12.1. The molecule has 2 aromatic heterocycles. The summed E-state index contributed by atoms with van der Waals surface area (Å²) in [6.07, 6.45) is 15.2. The fourth-order valence-electron chi connectivity index (χ4n) is 4.44. The zero-order chi connectivity index (χ0) is 22.1. The molecule has 1 atom stereocenters. The number of carbonyl (C=O) groups is 1. The number of pyridine rings is 1. The van der Waals surface area contributed by atoms with Crippen LogP contribution < -0.4 is 5.73 Å². The van der Waals surface area contributed by atoms with Crippen molar-refractivity contribution in [3.8, 4) is 0 Å². The molecule has 3 rings (SSSR count). The molecule has 2 N–H and O–H groups in total. The van der Waals surface area contributed by atoms with Crippen LogP contribution in [0.3, 0.4) is 0 Å². The number of hydrogen-bond acceptors (Lipinski definition) is 6. The van der Waals surface area contributed by atoms with Crippen LogP contribution in [0.25, 0.3) is 0 Å². The Hall–Kier alpha value is -2.34. The van der Waals surface area contributed by atoms with Crippen molar-refractivity contribution in [1.29, 1.82) is 0 Å². The van der Waals surface area contributed by atoms with Crippen LogP contribution in [0.2, 0.25) is 0 Å². The van der Waals surface area contributed by atoms with E-state index in [1.165, 1.54) is 42.5 Å². The number of aromatic nitrogens is 3. The molecule has 0 aromatic carbocycles. The maximum absolute atomic E-state index is 11.8. The third-order valence-electron chi connectivity index (χ3n) is 6.32. The van der Waals surface area contributed by atoms with E-state index < -0.39 is 0 Å². The van der Waals surface area contributed by atoms with Gasteiger partial charge in [0.2, 0.25) is 0 Å². The molecule has 1 aliphatic rings. The molecular formula is C25H36N4O2. The second-order valence-corrected chi connectivity index (χ2v) is 8.60. The Labute approximate surface area is 186 Å². The maximum Gasteiger partial charge on any atom is 0.306 e. The van der Waals surface area contributed by atoms with Crippen molar-refractivity contribution < 1.29 is 9.53 Å². The number of aryl methyl sites for hydroxylation is 4.